The van der Waals surface area contributed by atoms with Crippen molar-refractivity contribution < 1.29 is 4.79 Å². The van der Waals surface area contributed by atoms with Crippen LogP contribution in [-0.2, 0) is 11.3 Å². The van der Waals surface area contributed by atoms with Crippen LogP contribution in [0.2, 0.25) is 5.15 Å². The molecule has 6 heteroatoms. The number of carbonyl (C=O) groups excluding carboxylic acids is 1. The lowest BCUT2D eigenvalue weighted by molar-refractivity contribution is -0.121. The lowest BCUT2D eigenvalue weighted by Gasteiger charge is -2.33. The van der Waals surface area contributed by atoms with Gasteiger partial charge in [-0.2, -0.15) is 0 Å². The molecule has 0 aliphatic carbocycles. The van der Waals surface area contributed by atoms with Gasteiger partial charge in [0.1, 0.15) is 0 Å². The van der Waals surface area contributed by atoms with Gasteiger partial charge in [-0.25, -0.2) is 0 Å². The predicted octanol–water partition coefficient (Wildman–Crippen LogP) is 3.65. The van der Waals surface area contributed by atoms with Gasteiger partial charge in [-0.1, -0.05) is 66.2 Å². The molecule has 0 bridgehead atoms. The second kappa shape index (κ2) is 7.86. The minimum absolute atomic E-state index is 0.0266. The SMILES string of the molecule is O=C1CN(Cc2ccc(-c3ccccc3)cc2)CCN1c1ccc(Cl)nn1. The van der Waals surface area contributed by atoms with Gasteiger partial charge in [-0.05, 0) is 28.8 Å². The first kappa shape index (κ1) is 17.6. The molecule has 1 amide bonds. The third-order valence-corrected chi connectivity index (χ3v) is 4.86. The summed E-state index contributed by atoms with van der Waals surface area (Å²) in [7, 11) is 0. The monoisotopic (exact) mass is 378 g/mol. The number of amides is 1. The van der Waals surface area contributed by atoms with Crippen LogP contribution in [0.3, 0.4) is 0 Å². The molecule has 1 saturated heterocycles. The average Bonchev–Trinajstić information content (AvgIpc) is 2.70. The Bertz CT molecular complexity index is 913. The zero-order valence-electron chi connectivity index (χ0n) is 14.8. The van der Waals surface area contributed by atoms with Crippen LogP contribution in [0, 0.1) is 0 Å². The number of benzene rings is 2. The molecule has 0 unspecified atom stereocenters. The normalized spacial score (nSPS) is 15.1. The molecular formula is C21H19ClN4O. The molecule has 1 aliphatic rings. The summed E-state index contributed by atoms with van der Waals surface area (Å²) in [6.45, 7) is 2.50. The number of hydrogen-bond donors (Lipinski definition) is 0. The van der Waals surface area contributed by atoms with E-state index in [0.717, 1.165) is 13.1 Å². The summed E-state index contributed by atoms with van der Waals surface area (Å²) < 4.78 is 0. The maximum atomic E-state index is 12.5. The molecule has 0 N–H and O–H groups in total. The Balaban J connectivity index is 1.38. The number of halogens is 1. The Hall–Kier alpha value is -2.76. The van der Waals surface area contributed by atoms with Crippen LogP contribution in [0.1, 0.15) is 5.56 Å². The molecule has 1 aliphatic heterocycles. The second-order valence-corrected chi connectivity index (χ2v) is 6.92. The molecule has 27 heavy (non-hydrogen) atoms. The second-order valence-electron chi connectivity index (χ2n) is 6.53. The number of rotatable bonds is 4. The highest BCUT2D eigenvalue weighted by molar-refractivity contribution is 6.29. The fourth-order valence-electron chi connectivity index (χ4n) is 3.24. The van der Waals surface area contributed by atoms with E-state index in [1.807, 2.05) is 18.2 Å². The van der Waals surface area contributed by atoms with Crippen LogP contribution in [-0.4, -0.2) is 40.6 Å². The van der Waals surface area contributed by atoms with E-state index in [1.54, 1.807) is 17.0 Å². The first-order chi connectivity index (χ1) is 13.2. The Kier molecular flexibility index (Phi) is 5.14. The topological polar surface area (TPSA) is 49.3 Å². The van der Waals surface area contributed by atoms with Crippen LogP contribution < -0.4 is 4.90 Å². The molecule has 0 saturated carbocycles. The van der Waals surface area contributed by atoms with Crippen molar-refractivity contribution in [3.8, 4) is 11.1 Å². The van der Waals surface area contributed by atoms with Gasteiger partial charge < -0.3 is 0 Å². The molecule has 0 spiro atoms. The third kappa shape index (κ3) is 4.15. The van der Waals surface area contributed by atoms with E-state index in [9.17, 15) is 4.79 Å². The average molecular weight is 379 g/mol. The van der Waals surface area contributed by atoms with E-state index in [1.165, 1.54) is 16.7 Å². The van der Waals surface area contributed by atoms with Crippen LogP contribution in [0.25, 0.3) is 11.1 Å². The van der Waals surface area contributed by atoms with E-state index in [0.29, 0.717) is 24.1 Å². The van der Waals surface area contributed by atoms with Crippen molar-refractivity contribution in [2.45, 2.75) is 6.54 Å². The molecule has 136 valence electrons. The Labute approximate surface area is 163 Å². The number of hydrogen-bond acceptors (Lipinski definition) is 4. The van der Waals surface area contributed by atoms with E-state index >= 15 is 0 Å². The van der Waals surface area contributed by atoms with Crippen molar-refractivity contribution in [1.29, 1.82) is 0 Å². The molecule has 4 rings (SSSR count). The first-order valence-corrected chi connectivity index (χ1v) is 9.23. The zero-order chi connectivity index (χ0) is 18.6. The summed E-state index contributed by atoms with van der Waals surface area (Å²) in [6, 6.07) is 22.2. The largest absolute Gasteiger partial charge is 0.293 e. The summed E-state index contributed by atoms with van der Waals surface area (Å²) in [4.78, 5) is 16.3. The lowest BCUT2D eigenvalue weighted by atomic mass is 10.0. The standard InChI is InChI=1S/C21H19ClN4O/c22-19-10-11-20(24-23-19)26-13-12-25(15-21(26)27)14-16-6-8-18(9-7-16)17-4-2-1-3-5-17/h1-11H,12-15H2. The number of carbonyl (C=O) groups is 1. The quantitative estimate of drug-likeness (QED) is 0.695. The van der Waals surface area contributed by atoms with Crippen LogP contribution >= 0.6 is 11.6 Å². The van der Waals surface area contributed by atoms with Gasteiger partial charge in [0.25, 0.3) is 0 Å². The van der Waals surface area contributed by atoms with Gasteiger partial charge in [-0.15, -0.1) is 10.2 Å². The number of nitrogens with zero attached hydrogens (tertiary/aromatic N) is 4. The van der Waals surface area contributed by atoms with Crippen LogP contribution in [0.5, 0.6) is 0 Å². The zero-order valence-corrected chi connectivity index (χ0v) is 15.5. The highest BCUT2D eigenvalue weighted by atomic mass is 35.5. The summed E-state index contributed by atoms with van der Waals surface area (Å²) in [5.41, 5.74) is 3.60. The summed E-state index contributed by atoms with van der Waals surface area (Å²) in [5.74, 6) is 0.579. The summed E-state index contributed by atoms with van der Waals surface area (Å²) in [6.07, 6.45) is 0. The molecule has 2 heterocycles. The first-order valence-electron chi connectivity index (χ1n) is 8.85. The van der Waals surface area contributed by atoms with E-state index in [2.05, 4.69) is 51.5 Å². The minimum Gasteiger partial charge on any atom is -0.293 e. The predicted molar refractivity (Wildman–Crippen MR) is 107 cm³/mol. The molecule has 0 atom stereocenters. The Morgan fingerprint density at radius 2 is 1.59 bits per heavy atom. The Morgan fingerprint density at radius 1 is 0.852 bits per heavy atom. The molecule has 2 aromatic carbocycles. The van der Waals surface area contributed by atoms with Gasteiger partial charge in [0.05, 0.1) is 6.54 Å². The maximum absolute atomic E-state index is 12.5. The molecular weight excluding hydrogens is 360 g/mol. The molecule has 3 aromatic rings. The summed E-state index contributed by atoms with van der Waals surface area (Å²) >= 11 is 5.77. The van der Waals surface area contributed by atoms with Gasteiger partial charge in [-0.3, -0.25) is 14.6 Å². The van der Waals surface area contributed by atoms with Crippen molar-refractivity contribution in [1.82, 2.24) is 15.1 Å². The molecule has 0 radical (unpaired) electrons. The maximum Gasteiger partial charge on any atom is 0.242 e. The molecule has 1 aromatic heterocycles. The highest BCUT2D eigenvalue weighted by Crippen LogP contribution is 2.21. The van der Waals surface area contributed by atoms with Crippen molar-refractivity contribution in [2.24, 2.45) is 0 Å². The van der Waals surface area contributed by atoms with Crippen molar-refractivity contribution in [3.05, 3.63) is 77.4 Å². The smallest absolute Gasteiger partial charge is 0.242 e. The highest BCUT2D eigenvalue weighted by Gasteiger charge is 2.26. The minimum atomic E-state index is 0.0266. The van der Waals surface area contributed by atoms with Crippen molar-refractivity contribution in [2.75, 3.05) is 24.5 Å². The van der Waals surface area contributed by atoms with E-state index in [4.69, 9.17) is 11.6 Å². The summed E-state index contributed by atoms with van der Waals surface area (Å²) in [5, 5.41) is 8.14. The molecule has 5 nitrogen and oxygen atoms in total. The molecule has 1 fully saturated rings. The fourth-order valence-corrected chi connectivity index (χ4v) is 3.34. The third-order valence-electron chi connectivity index (χ3n) is 4.66. The van der Waals surface area contributed by atoms with Gasteiger partial charge in [0, 0.05) is 19.6 Å². The number of anilines is 1. The van der Waals surface area contributed by atoms with E-state index < -0.39 is 0 Å². The van der Waals surface area contributed by atoms with Crippen LogP contribution in [0.15, 0.2) is 66.7 Å². The van der Waals surface area contributed by atoms with Crippen LogP contribution in [0.4, 0.5) is 5.82 Å². The van der Waals surface area contributed by atoms with E-state index in [-0.39, 0.29) is 5.91 Å². The van der Waals surface area contributed by atoms with Gasteiger partial charge in [0.15, 0.2) is 11.0 Å². The van der Waals surface area contributed by atoms with Gasteiger partial charge in [0.2, 0.25) is 5.91 Å². The number of aromatic nitrogens is 2. The van der Waals surface area contributed by atoms with Gasteiger partial charge >= 0.3 is 0 Å². The fraction of sp³-hybridized carbons (Fsp3) is 0.190. The lowest BCUT2D eigenvalue weighted by Crippen LogP contribution is -2.50. The number of piperazine rings is 1. The van der Waals surface area contributed by atoms with Crippen molar-refractivity contribution in [3.63, 3.8) is 0 Å². The van der Waals surface area contributed by atoms with Crippen molar-refractivity contribution >= 4 is 23.3 Å². The Morgan fingerprint density at radius 3 is 2.26 bits per heavy atom.